The second-order valence-corrected chi connectivity index (χ2v) is 4.63. The lowest BCUT2D eigenvalue weighted by Gasteiger charge is -2.15. The van der Waals surface area contributed by atoms with Crippen molar-refractivity contribution in [2.45, 2.75) is 18.4 Å². The Balaban J connectivity index is 2.22. The molecule has 1 aliphatic heterocycles. The Labute approximate surface area is 96.6 Å². The van der Waals surface area contributed by atoms with Crippen LogP contribution >= 0.6 is 15.9 Å². The summed E-state index contributed by atoms with van der Waals surface area (Å²) in [4.78, 5) is 11.0. The lowest BCUT2D eigenvalue weighted by Crippen LogP contribution is -2.34. The van der Waals surface area contributed by atoms with E-state index in [1.165, 1.54) is 0 Å². The third-order valence-corrected chi connectivity index (χ3v) is 3.31. The monoisotopic (exact) mass is 269 g/mol. The van der Waals surface area contributed by atoms with Crippen LogP contribution in [0, 0.1) is 0 Å². The first kappa shape index (κ1) is 10.6. The molecule has 2 rings (SSSR count). The molecule has 1 aliphatic rings. The van der Waals surface area contributed by atoms with Gasteiger partial charge < -0.3 is 10.4 Å². The highest BCUT2D eigenvalue weighted by molar-refractivity contribution is 9.10. The Kier molecular flexibility index (Phi) is 3.07. The first-order valence-electron chi connectivity index (χ1n) is 4.90. The predicted octanol–water partition coefficient (Wildman–Crippen LogP) is 1.98. The zero-order chi connectivity index (χ0) is 10.8. The molecule has 2 atom stereocenters. The van der Waals surface area contributed by atoms with Gasteiger partial charge in [0.05, 0.1) is 0 Å². The van der Waals surface area contributed by atoms with Crippen molar-refractivity contribution in [3.63, 3.8) is 0 Å². The summed E-state index contributed by atoms with van der Waals surface area (Å²) < 4.78 is 1.02. The number of hydrogen-bond acceptors (Lipinski definition) is 2. The number of rotatable bonds is 2. The largest absolute Gasteiger partial charge is 0.480 e. The SMILES string of the molecule is O=C(O)[C@@H]1NCC[C@@H]1c1ccc(Br)cc1. The molecule has 1 fully saturated rings. The summed E-state index contributed by atoms with van der Waals surface area (Å²) in [6.45, 7) is 0.775. The van der Waals surface area contributed by atoms with Crippen LogP contribution in [-0.4, -0.2) is 23.7 Å². The van der Waals surface area contributed by atoms with Crippen molar-refractivity contribution >= 4 is 21.9 Å². The van der Waals surface area contributed by atoms with E-state index in [0.29, 0.717) is 0 Å². The van der Waals surface area contributed by atoms with Crippen LogP contribution in [0.5, 0.6) is 0 Å². The summed E-state index contributed by atoms with van der Waals surface area (Å²) in [6.07, 6.45) is 0.887. The first-order valence-corrected chi connectivity index (χ1v) is 5.69. The number of hydrogen-bond donors (Lipinski definition) is 2. The quantitative estimate of drug-likeness (QED) is 0.863. The predicted molar refractivity (Wildman–Crippen MR) is 60.9 cm³/mol. The van der Waals surface area contributed by atoms with Crippen molar-refractivity contribution in [3.05, 3.63) is 34.3 Å². The van der Waals surface area contributed by atoms with Crippen molar-refractivity contribution < 1.29 is 9.90 Å². The molecule has 0 spiro atoms. The average Bonchev–Trinajstić information content (AvgIpc) is 2.67. The average molecular weight is 270 g/mol. The number of aliphatic carboxylic acids is 1. The molecule has 1 saturated heterocycles. The summed E-state index contributed by atoms with van der Waals surface area (Å²) in [7, 11) is 0. The molecule has 0 radical (unpaired) electrons. The van der Waals surface area contributed by atoms with Gasteiger partial charge in [-0.1, -0.05) is 28.1 Å². The zero-order valence-electron chi connectivity index (χ0n) is 8.11. The Hall–Kier alpha value is -0.870. The molecule has 1 aromatic rings. The third kappa shape index (κ3) is 2.21. The van der Waals surface area contributed by atoms with Gasteiger partial charge in [0, 0.05) is 10.4 Å². The number of nitrogens with one attached hydrogen (secondary N) is 1. The smallest absolute Gasteiger partial charge is 0.321 e. The van der Waals surface area contributed by atoms with Crippen LogP contribution in [0.1, 0.15) is 17.9 Å². The van der Waals surface area contributed by atoms with E-state index in [9.17, 15) is 4.79 Å². The van der Waals surface area contributed by atoms with Crippen LogP contribution in [0.3, 0.4) is 0 Å². The van der Waals surface area contributed by atoms with Gasteiger partial charge in [-0.3, -0.25) is 4.79 Å². The zero-order valence-corrected chi connectivity index (χ0v) is 9.70. The minimum absolute atomic E-state index is 0.0931. The highest BCUT2D eigenvalue weighted by Crippen LogP contribution is 2.28. The molecule has 3 nitrogen and oxygen atoms in total. The second-order valence-electron chi connectivity index (χ2n) is 3.72. The number of benzene rings is 1. The van der Waals surface area contributed by atoms with Gasteiger partial charge in [-0.05, 0) is 30.7 Å². The minimum atomic E-state index is -0.764. The van der Waals surface area contributed by atoms with E-state index in [-0.39, 0.29) is 5.92 Å². The van der Waals surface area contributed by atoms with Gasteiger partial charge in [0.1, 0.15) is 6.04 Å². The number of carboxylic acid groups (broad SMARTS) is 1. The topological polar surface area (TPSA) is 49.3 Å². The van der Waals surface area contributed by atoms with E-state index in [1.54, 1.807) is 0 Å². The molecule has 4 heteroatoms. The summed E-state index contributed by atoms with van der Waals surface area (Å²) in [5, 5.41) is 12.0. The maximum Gasteiger partial charge on any atom is 0.321 e. The summed E-state index contributed by atoms with van der Waals surface area (Å²) in [5.41, 5.74) is 1.09. The third-order valence-electron chi connectivity index (χ3n) is 2.79. The van der Waals surface area contributed by atoms with E-state index in [2.05, 4.69) is 21.2 Å². The van der Waals surface area contributed by atoms with E-state index in [4.69, 9.17) is 5.11 Å². The van der Waals surface area contributed by atoms with Crippen LogP contribution in [0.15, 0.2) is 28.7 Å². The summed E-state index contributed by atoms with van der Waals surface area (Å²) in [5.74, 6) is -0.670. The minimum Gasteiger partial charge on any atom is -0.480 e. The van der Waals surface area contributed by atoms with Crippen molar-refractivity contribution in [2.75, 3.05) is 6.54 Å². The van der Waals surface area contributed by atoms with Crippen LogP contribution in [0.4, 0.5) is 0 Å². The molecule has 0 unspecified atom stereocenters. The number of halogens is 1. The maximum atomic E-state index is 11.0. The fourth-order valence-electron chi connectivity index (χ4n) is 2.03. The molecular formula is C11H12BrNO2. The Morgan fingerprint density at radius 2 is 2.07 bits per heavy atom. The number of carbonyl (C=O) groups is 1. The molecule has 1 aromatic carbocycles. The molecular weight excluding hydrogens is 258 g/mol. The van der Waals surface area contributed by atoms with E-state index < -0.39 is 12.0 Å². The fraction of sp³-hybridized carbons (Fsp3) is 0.364. The molecule has 1 heterocycles. The van der Waals surface area contributed by atoms with Crippen LogP contribution in [-0.2, 0) is 4.79 Å². The second kappa shape index (κ2) is 4.33. The lowest BCUT2D eigenvalue weighted by atomic mass is 9.92. The van der Waals surface area contributed by atoms with E-state index in [0.717, 1.165) is 23.0 Å². The molecule has 0 amide bonds. The molecule has 0 aromatic heterocycles. The van der Waals surface area contributed by atoms with Gasteiger partial charge in [-0.25, -0.2) is 0 Å². The first-order chi connectivity index (χ1) is 7.18. The maximum absolute atomic E-state index is 11.0. The molecule has 0 aliphatic carbocycles. The van der Waals surface area contributed by atoms with Crippen molar-refractivity contribution in [1.82, 2.24) is 5.32 Å². The molecule has 80 valence electrons. The van der Waals surface area contributed by atoms with Gasteiger partial charge in [-0.2, -0.15) is 0 Å². The van der Waals surface area contributed by atoms with Crippen LogP contribution in [0.25, 0.3) is 0 Å². The summed E-state index contributed by atoms with van der Waals surface area (Å²) >= 11 is 3.37. The molecule has 2 N–H and O–H groups in total. The number of carboxylic acids is 1. The lowest BCUT2D eigenvalue weighted by molar-refractivity contribution is -0.139. The Morgan fingerprint density at radius 1 is 1.40 bits per heavy atom. The van der Waals surface area contributed by atoms with Gasteiger partial charge in [0.15, 0.2) is 0 Å². The molecule has 0 bridgehead atoms. The van der Waals surface area contributed by atoms with E-state index >= 15 is 0 Å². The standard InChI is InChI=1S/C11H12BrNO2/c12-8-3-1-7(2-4-8)9-5-6-13-10(9)11(14)15/h1-4,9-10,13H,5-6H2,(H,14,15)/t9-,10-/m1/s1. The molecule has 15 heavy (non-hydrogen) atoms. The van der Waals surface area contributed by atoms with Gasteiger partial charge in [0.2, 0.25) is 0 Å². The highest BCUT2D eigenvalue weighted by Gasteiger charge is 2.33. The normalized spacial score (nSPS) is 25.4. The van der Waals surface area contributed by atoms with Crippen molar-refractivity contribution in [1.29, 1.82) is 0 Å². The summed E-state index contributed by atoms with van der Waals surface area (Å²) in [6, 6.07) is 7.43. The van der Waals surface area contributed by atoms with Crippen LogP contribution < -0.4 is 5.32 Å². The van der Waals surface area contributed by atoms with Gasteiger partial charge in [0.25, 0.3) is 0 Å². The van der Waals surface area contributed by atoms with Crippen molar-refractivity contribution in [2.24, 2.45) is 0 Å². The Bertz CT molecular complexity index is 363. The van der Waals surface area contributed by atoms with Gasteiger partial charge >= 0.3 is 5.97 Å². The van der Waals surface area contributed by atoms with Gasteiger partial charge in [-0.15, -0.1) is 0 Å². The Morgan fingerprint density at radius 3 is 2.67 bits per heavy atom. The highest BCUT2D eigenvalue weighted by atomic mass is 79.9. The fourth-order valence-corrected chi connectivity index (χ4v) is 2.30. The van der Waals surface area contributed by atoms with Crippen LogP contribution in [0.2, 0.25) is 0 Å². The van der Waals surface area contributed by atoms with E-state index in [1.807, 2.05) is 24.3 Å². The molecule has 0 saturated carbocycles. The van der Waals surface area contributed by atoms with Crippen molar-refractivity contribution in [3.8, 4) is 0 Å².